The zero-order valence-electron chi connectivity index (χ0n) is 18.5. The first-order chi connectivity index (χ1) is 15.0. The molecule has 1 N–H and O–H groups in total. The molecular weight excluding hydrogens is 394 g/mol. The zero-order chi connectivity index (χ0) is 22.0. The minimum absolute atomic E-state index is 0.0298. The highest BCUT2D eigenvalue weighted by Crippen LogP contribution is 2.32. The maximum Gasteiger partial charge on any atom is 0.247 e. The molecular formula is C23H33N5O3. The van der Waals surface area contributed by atoms with Crippen molar-refractivity contribution in [3.8, 4) is 0 Å². The number of fused-ring (bicyclic) bond motifs is 1. The fourth-order valence-electron chi connectivity index (χ4n) is 4.98. The summed E-state index contributed by atoms with van der Waals surface area (Å²) < 4.78 is 0. The third kappa shape index (κ3) is 4.32. The maximum atomic E-state index is 13.5. The van der Waals surface area contributed by atoms with E-state index in [-0.39, 0.29) is 35.6 Å². The summed E-state index contributed by atoms with van der Waals surface area (Å²) in [5.41, 5.74) is 4.17. The monoisotopic (exact) mass is 427 g/mol. The Bertz CT molecular complexity index is 809. The highest BCUT2D eigenvalue weighted by Gasteiger charge is 2.51. The molecule has 0 bridgehead atoms. The standard InChI is InChI=1S/C23H33N5O3/c1-3-8-20(29)26-11-13-27(14-12-26)22(30)18-15-25(4-2)16-19-21(18)24-28(23(19)31)17-9-6-5-7-10-17/h5-7,9-10,18-19,21,24H,3-4,8,11-16H2,1-2H3. The van der Waals surface area contributed by atoms with Gasteiger partial charge < -0.3 is 14.7 Å². The van der Waals surface area contributed by atoms with Gasteiger partial charge in [-0.3, -0.25) is 14.4 Å². The van der Waals surface area contributed by atoms with E-state index in [0.717, 1.165) is 18.7 Å². The summed E-state index contributed by atoms with van der Waals surface area (Å²) in [6.45, 7) is 8.50. The third-order valence-corrected chi connectivity index (χ3v) is 6.78. The van der Waals surface area contributed by atoms with E-state index >= 15 is 0 Å². The predicted molar refractivity (Wildman–Crippen MR) is 118 cm³/mol. The van der Waals surface area contributed by atoms with Crippen molar-refractivity contribution >= 4 is 23.4 Å². The number of benzene rings is 1. The van der Waals surface area contributed by atoms with Gasteiger partial charge in [0.05, 0.1) is 23.6 Å². The van der Waals surface area contributed by atoms with Gasteiger partial charge in [-0.1, -0.05) is 32.0 Å². The molecule has 3 aliphatic rings. The van der Waals surface area contributed by atoms with Gasteiger partial charge in [-0.15, -0.1) is 0 Å². The number of likely N-dealkylation sites (tertiary alicyclic amines) is 1. The summed E-state index contributed by atoms with van der Waals surface area (Å²) in [5, 5.41) is 1.62. The SMILES string of the molecule is CCCC(=O)N1CCN(C(=O)C2CN(CC)CC3C(=O)N(c4ccccc4)NC23)CC1. The van der Waals surface area contributed by atoms with Crippen LogP contribution in [-0.4, -0.2) is 84.3 Å². The summed E-state index contributed by atoms with van der Waals surface area (Å²) in [6.07, 6.45) is 1.40. The molecule has 1 aromatic rings. The number of piperidine rings is 1. The van der Waals surface area contributed by atoms with Gasteiger partial charge in [-0.25, -0.2) is 10.4 Å². The van der Waals surface area contributed by atoms with Gasteiger partial charge >= 0.3 is 0 Å². The van der Waals surface area contributed by atoms with Crippen LogP contribution in [0.5, 0.6) is 0 Å². The van der Waals surface area contributed by atoms with E-state index in [2.05, 4.69) is 17.2 Å². The lowest BCUT2D eigenvalue weighted by molar-refractivity contribution is -0.145. The van der Waals surface area contributed by atoms with Crippen LogP contribution in [0.3, 0.4) is 0 Å². The largest absolute Gasteiger partial charge is 0.339 e. The van der Waals surface area contributed by atoms with Crippen molar-refractivity contribution in [2.75, 3.05) is 50.8 Å². The second kappa shape index (κ2) is 9.36. The van der Waals surface area contributed by atoms with E-state index < -0.39 is 0 Å². The van der Waals surface area contributed by atoms with Gasteiger partial charge in [-0.05, 0) is 25.1 Å². The molecule has 8 heteroatoms. The van der Waals surface area contributed by atoms with Gasteiger partial charge in [0, 0.05) is 45.7 Å². The molecule has 3 amide bonds. The number of anilines is 1. The lowest BCUT2D eigenvalue weighted by atomic mass is 9.83. The van der Waals surface area contributed by atoms with E-state index in [1.165, 1.54) is 0 Å². The lowest BCUT2D eigenvalue weighted by Crippen LogP contribution is -2.60. The molecule has 0 radical (unpaired) electrons. The van der Waals surface area contributed by atoms with Crippen LogP contribution in [0.1, 0.15) is 26.7 Å². The Morgan fingerprint density at radius 2 is 1.68 bits per heavy atom. The van der Waals surface area contributed by atoms with E-state index in [1.54, 1.807) is 5.01 Å². The molecule has 0 saturated carbocycles. The lowest BCUT2D eigenvalue weighted by Gasteiger charge is -2.42. The van der Waals surface area contributed by atoms with E-state index in [9.17, 15) is 14.4 Å². The third-order valence-electron chi connectivity index (χ3n) is 6.78. The minimum Gasteiger partial charge on any atom is -0.339 e. The number of nitrogens with one attached hydrogen (secondary N) is 1. The van der Waals surface area contributed by atoms with Crippen molar-refractivity contribution < 1.29 is 14.4 Å². The molecule has 3 unspecified atom stereocenters. The summed E-state index contributed by atoms with van der Waals surface area (Å²) in [5.74, 6) is -0.233. The summed E-state index contributed by atoms with van der Waals surface area (Å²) in [7, 11) is 0. The molecule has 0 aliphatic carbocycles. The average Bonchev–Trinajstić information content (AvgIpc) is 3.15. The Labute approximate surface area is 184 Å². The number of carbonyl (C=O) groups is 3. The molecule has 0 spiro atoms. The molecule has 1 aromatic carbocycles. The van der Waals surface area contributed by atoms with Crippen LogP contribution in [0.2, 0.25) is 0 Å². The van der Waals surface area contributed by atoms with Crippen molar-refractivity contribution in [2.45, 2.75) is 32.7 Å². The van der Waals surface area contributed by atoms with Crippen LogP contribution in [0.4, 0.5) is 5.69 Å². The molecule has 3 saturated heterocycles. The van der Waals surface area contributed by atoms with Crippen LogP contribution in [0.15, 0.2) is 30.3 Å². The predicted octanol–water partition coefficient (Wildman–Crippen LogP) is 0.945. The maximum absolute atomic E-state index is 13.5. The molecule has 4 rings (SSSR count). The number of hydrazine groups is 1. The van der Waals surface area contributed by atoms with Gasteiger partial charge in [0.1, 0.15) is 0 Å². The molecule has 3 heterocycles. The molecule has 8 nitrogen and oxygen atoms in total. The Morgan fingerprint density at radius 1 is 1.00 bits per heavy atom. The van der Waals surface area contributed by atoms with Gasteiger partial charge in [-0.2, -0.15) is 0 Å². The van der Waals surface area contributed by atoms with Gasteiger partial charge in [0.2, 0.25) is 17.7 Å². The summed E-state index contributed by atoms with van der Waals surface area (Å²) >= 11 is 0. The van der Waals surface area contributed by atoms with Crippen molar-refractivity contribution in [1.29, 1.82) is 0 Å². The van der Waals surface area contributed by atoms with Crippen molar-refractivity contribution in [1.82, 2.24) is 20.1 Å². The molecule has 31 heavy (non-hydrogen) atoms. The summed E-state index contributed by atoms with van der Waals surface area (Å²) in [6, 6.07) is 9.35. The first kappa shape index (κ1) is 21.8. The summed E-state index contributed by atoms with van der Waals surface area (Å²) in [4.78, 5) is 44.9. The van der Waals surface area contributed by atoms with Crippen LogP contribution in [0, 0.1) is 11.8 Å². The van der Waals surface area contributed by atoms with E-state index in [0.29, 0.717) is 45.7 Å². The van der Waals surface area contributed by atoms with Gasteiger partial charge in [0.15, 0.2) is 0 Å². The number of nitrogens with zero attached hydrogens (tertiary/aromatic N) is 4. The number of rotatable bonds is 5. The first-order valence-electron chi connectivity index (χ1n) is 11.5. The van der Waals surface area contributed by atoms with Crippen molar-refractivity contribution in [2.24, 2.45) is 11.8 Å². The Hall–Kier alpha value is -2.45. The number of para-hydroxylation sites is 1. The molecule has 3 aliphatic heterocycles. The number of piperazine rings is 1. The Balaban J connectivity index is 1.47. The highest BCUT2D eigenvalue weighted by molar-refractivity contribution is 5.98. The quantitative estimate of drug-likeness (QED) is 0.757. The second-order valence-corrected chi connectivity index (χ2v) is 8.69. The average molecular weight is 428 g/mol. The molecule has 3 atom stereocenters. The number of amides is 3. The number of hydrogen-bond donors (Lipinski definition) is 1. The molecule has 168 valence electrons. The minimum atomic E-state index is -0.283. The van der Waals surface area contributed by atoms with Crippen LogP contribution in [-0.2, 0) is 14.4 Å². The Morgan fingerprint density at radius 3 is 2.32 bits per heavy atom. The van der Waals surface area contributed by atoms with Crippen LogP contribution < -0.4 is 10.4 Å². The number of carbonyl (C=O) groups excluding carboxylic acids is 3. The van der Waals surface area contributed by atoms with Crippen LogP contribution >= 0.6 is 0 Å². The topological polar surface area (TPSA) is 76.2 Å². The first-order valence-corrected chi connectivity index (χ1v) is 11.5. The smallest absolute Gasteiger partial charge is 0.247 e. The normalized spacial score (nSPS) is 26.8. The number of hydrogen-bond acceptors (Lipinski definition) is 5. The fourth-order valence-corrected chi connectivity index (χ4v) is 4.98. The van der Waals surface area contributed by atoms with Gasteiger partial charge in [0.25, 0.3) is 0 Å². The van der Waals surface area contributed by atoms with E-state index in [1.807, 2.05) is 47.1 Å². The van der Waals surface area contributed by atoms with Crippen molar-refractivity contribution in [3.05, 3.63) is 30.3 Å². The Kier molecular flexibility index (Phi) is 6.57. The van der Waals surface area contributed by atoms with Crippen LogP contribution in [0.25, 0.3) is 0 Å². The molecule has 3 fully saturated rings. The second-order valence-electron chi connectivity index (χ2n) is 8.69. The highest BCUT2D eigenvalue weighted by atomic mass is 16.2. The fraction of sp³-hybridized carbons (Fsp3) is 0.609. The van der Waals surface area contributed by atoms with Crippen molar-refractivity contribution in [3.63, 3.8) is 0 Å². The molecule has 0 aromatic heterocycles. The zero-order valence-corrected chi connectivity index (χ0v) is 18.5. The van der Waals surface area contributed by atoms with E-state index in [4.69, 9.17) is 0 Å².